The van der Waals surface area contributed by atoms with E-state index in [-0.39, 0.29) is 6.04 Å². The van der Waals surface area contributed by atoms with E-state index in [0.29, 0.717) is 32.6 Å². The third-order valence-electron chi connectivity index (χ3n) is 3.68. The number of hydrogen-bond acceptors (Lipinski definition) is 4. The summed E-state index contributed by atoms with van der Waals surface area (Å²) in [5, 5.41) is 18.1. The SMILES string of the molecule is Cc1nn(C)cc1C(C)NCC1(O)CCOCC1. The number of hydrogen-bond donors (Lipinski definition) is 2. The lowest BCUT2D eigenvalue weighted by Crippen LogP contribution is -2.45. The van der Waals surface area contributed by atoms with Gasteiger partial charge >= 0.3 is 0 Å². The average molecular weight is 253 g/mol. The maximum Gasteiger partial charge on any atom is 0.0815 e. The van der Waals surface area contributed by atoms with Crippen LogP contribution in [0.4, 0.5) is 0 Å². The number of nitrogens with one attached hydrogen (secondary N) is 1. The molecule has 1 aliphatic heterocycles. The molecule has 1 saturated heterocycles. The summed E-state index contributed by atoms with van der Waals surface area (Å²) in [4.78, 5) is 0. The van der Waals surface area contributed by atoms with Gasteiger partial charge in [-0.2, -0.15) is 5.10 Å². The van der Waals surface area contributed by atoms with Crippen molar-refractivity contribution in [1.29, 1.82) is 0 Å². The van der Waals surface area contributed by atoms with E-state index in [1.807, 2.05) is 24.9 Å². The lowest BCUT2D eigenvalue weighted by molar-refractivity contribution is -0.0626. The van der Waals surface area contributed by atoms with Crippen LogP contribution in [0.15, 0.2) is 6.20 Å². The van der Waals surface area contributed by atoms with E-state index >= 15 is 0 Å². The Bertz CT molecular complexity index is 397. The van der Waals surface area contributed by atoms with Crippen LogP contribution in [-0.4, -0.2) is 40.2 Å². The van der Waals surface area contributed by atoms with Crippen LogP contribution in [0, 0.1) is 6.92 Å². The highest BCUT2D eigenvalue weighted by Crippen LogP contribution is 2.22. The third-order valence-corrected chi connectivity index (χ3v) is 3.68. The minimum Gasteiger partial charge on any atom is -0.388 e. The zero-order chi connectivity index (χ0) is 13.2. The number of aryl methyl sites for hydroxylation is 2. The fourth-order valence-electron chi connectivity index (χ4n) is 2.42. The molecule has 102 valence electrons. The van der Waals surface area contributed by atoms with E-state index in [0.717, 1.165) is 5.69 Å². The molecule has 0 aromatic carbocycles. The predicted octanol–water partition coefficient (Wildman–Crippen LogP) is 0.921. The van der Waals surface area contributed by atoms with Crippen molar-refractivity contribution in [2.75, 3.05) is 19.8 Å². The van der Waals surface area contributed by atoms with Crippen molar-refractivity contribution in [3.63, 3.8) is 0 Å². The first-order chi connectivity index (χ1) is 8.50. The molecule has 0 spiro atoms. The van der Waals surface area contributed by atoms with Gasteiger partial charge in [0.15, 0.2) is 0 Å². The molecule has 0 bridgehead atoms. The molecule has 0 radical (unpaired) electrons. The Balaban J connectivity index is 1.91. The molecule has 1 fully saturated rings. The van der Waals surface area contributed by atoms with Crippen LogP contribution in [0.2, 0.25) is 0 Å². The second-order valence-corrected chi connectivity index (χ2v) is 5.28. The lowest BCUT2D eigenvalue weighted by Gasteiger charge is -2.33. The number of nitrogens with zero attached hydrogens (tertiary/aromatic N) is 2. The molecule has 0 amide bonds. The highest BCUT2D eigenvalue weighted by atomic mass is 16.5. The summed E-state index contributed by atoms with van der Waals surface area (Å²) in [7, 11) is 1.93. The second-order valence-electron chi connectivity index (χ2n) is 5.28. The predicted molar refractivity (Wildman–Crippen MR) is 69.4 cm³/mol. The van der Waals surface area contributed by atoms with Gasteiger partial charge in [0, 0.05) is 57.4 Å². The molecule has 1 unspecified atom stereocenters. The fourth-order valence-corrected chi connectivity index (χ4v) is 2.42. The normalized spacial score (nSPS) is 20.9. The first-order valence-corrected chi connectivity index (χ1v) is 6.54. The van der Waals surface area contributed by atoms with Gasteiger partial charge in [-0.1, -0.05) is 0 Å². The van der Waals surface area contributed by atoms with E-state index in [4.69, 9.17) is 4.74 Å². The number of aromatic nitrogens is 2. The molecule has 18 heavy (non-hydrogen) atoms. The molecule has 1 atom stereocenters. The van der Waals surface area contributed by atoms with Gasteiger partial charge in [-0.05, 0) is 13.8 Å². The molecular formula is C13H23N3O2. The van der Waals surface area contributed by atoms with Gasteiger partial charge in [-0.3, -0.25) is 4.68 Å². The van der Waals surface area contributed by atoms with Crippen LogP contribution in [0.25, 0.3) is 0 Å². The van der Waals surface area contributed by atoms with E-state index in [1.54, 1.807) is 0 Å². The van der Waals surface area contributed by atoms with E-state index in [9.17, 15) is 5.11 Å². The maximum absolute atomic E-state index is 10.4. The minimum absolute atomic E-state index is 0.200. The monoisotopic (exact) mass is 253 g/mol. The van der Waals surface area contributed by atoms with Crippen molar-refractivity contribution in [3.05, 3.63) is 17.5 Å². The standard InChI is InChI=1S/C13H23N3O2/c1-10(12-8-16(3)15-11(12)2)14-9-13(17)4-6-18-7-5-13/h8,10,14,17H,4-7,9H2,1-3H3. The molecule has 5 heteroatoms. The number of ether oxygens (including phenoxy) is 1. The van der Waals surface area contributed by atoms with Crippen molar-refractivity contribution < 1.29 is 9.84 Å². The highest BCUT2D eigenvalue weighted by molar-refractivity contribution is 5.19. The van der Waals surface area contributed by atoms with Gasteiger partial charge in [0.2, 0.25) is 0 Å². The average Bonchev–Trinajstić information content (AvgIpc) is 2.67. The molecule has 2 rings (SSSR count). The zero-order valence-corrected chi connectivity index (χ0v) is 11.4. The van der Waals surface area contributed by atoms with E-state index < -0.39 is 5.60 Å². The largest absolute Gasteiger partial charge is 0.388 e. The minimum atomic E-state index is -0.622. The summed E-state index contributed by atoms with van der Waals surface area (Å²) >= 11 is 0. The molecular weight excluding hydrogens is 230 g/mol. The summed E-state index contributed by atoms with van der Waals surface area (Å²) in [6.45, 7) is 6.02. The van der Waals surface area contributed by atoms with Crippen molar-refractivity contribution in [2.24, 2.45) is 7.05 Å². The van der Waals surface area contributed by atoms with E-state index in [1.165, 1.54) is 5.56 Å². The van der Waals surface area contributed by atoms with Crippen LogP contribution in [0.5, 0.6) is 0 Å². The zero-order valence-electron chi connectivity index (χ0n) is 11.4. The number of aliphatic hydroxyl groups is 1. The fraction of sp³-hybridized carbons (Fsp3) is 0.769. The smallest absolute Gasteiger partial charge is 0.0815 e. The Kier molecular flexibility index (Phi) is 4.04. The van der Waals surface area contributed by atoms with Crippen LogP contribution >= 0.6 is 0 Å². The maximum atomic E-state index is 10.4. The Morgan fingerprint density at radius 2 is 2.22 bits per heavy atom. The lowest BCUT2D eigenvalue weighted by atomic mass is 9.94. The van der Waals surface area contributed by atoms with Crippen LogP contribution < -0.4 is 5.32 Å². The first-order valence-electron chi connectivity index (χ1n) is 6.54. The van der Waals surface area contributed by atoms with Crippen LogP contribution in [0.3, 0.4) is 0 Å². The summed E-state index contributed by atoms with van der Waals surface area (Å²) in [5.74, 6) is 0. The molecule has 0 aliphatic carbocycles. The van der Waals surface area contributed by atoms with Gasteiger partial charge in [-0.25, -0.2) is 0 Å². The van der Waals surface area contributed by atoms with Crippen LogP contribution in [-0.2, 0) is 11.8 Å². The molecule has 0 saturated carbocycles. The Morgan fingerprint density at radius 1 is 1.56 bits per heavy atom. The second kappa shape index (κ2) is 5.38. The summed E-state index contributed by atoms with van der Waals surface area (Å²) < 4.78 is 7.10. The van der Waals surface area contributed by atoms with Gasteiger partial charge in [0.1, 0.15) is 0 Å². The van der Waals surface area contributed by atoms with Crippen molar-refractivity contribution >= 4 is 0 Å². The summed E-state index contributed by atoms with van der Waals surface area (Å²) in [5.41, 5.74) is 1.60. The Labute approximate surface area is 108 Å². The molecule has 1 aliphatic rings. The Hall–Kier alpha value is -0.910. The highest BCUT2D eigenvalue weighted by Gasteiger charge is 2.30. The topological polar surface area (TPSA) is 59.3 Å². The van der Waals surface area contributed by atoms with Crippen molar-refractivity contribution in [2.45, 2.75) is 38.3 Å². The molecule has 2 N–H and O–H groups in total. The first kappa shape index (κ1) is 13.5. The quantitative estimate of drug-likeness (QED) is 0.838. The summed E-state index contributed by atoms with van der Waals surface area (Å²) in [6, 6.07) is 0.200. The molecule has 1 aromatic rings. The molecule has 5 nitrogen and oxygen atoms in total. The van der Waals surface area contributed by atoms with Gasteiger partial charge in [-0.15, -0.1) is 0 Å². The van der Waals surface area contributed by atoms with Gasteiger partial charge in [0.25, 0.3) is 0 Å². The molecule has 1 aromatic heterocycles. The number of rotatable bonds is 4. The molecule has 2 heterocycles. The van der Waals surface area contributed by atoms with Crippen molar-refractivity contribution in [3.8, 4) is 0 Å². The third kappa shape index (κ3) is 3.10. The van der Waals surface area contributed by atoms with Gasteiger partial charge < -0.3 is 15.2 Å². The van der Waals surface area contributed by atoms with Crippen LogP contribution in [0.1, 0.15) is 37.1 Å². The van der Waals surface area contributed by atoms with Gasteiger partial charge in [0.05, 0.1) is 11.3 Å². The Morgan fingerprint density at radius 3 is 2.78 bits per heavy atom. The van der Waals surface area contributed by atoms with E-state index in [2.05, 4.69) is 17.3 Å². The summed E-state index contributed by atoms with van der Waals surface area (Å²) in [6.07, 6.45) is 3.44. The van der Waals surface area contributed by atoms with Crippen molar-refractivity contribution in [1.82, 2.24) is 15.1 Å².